The number of hydrogen-bond acceptors (Lipinski definition) is 3. The van der Waals surface area contributed by atoms with Gasteiger partial charge in [0.25, 0.3) is 5.91 Å². The number of hydrogen-bond donors (Lipinski definition) is 2. The largest absolute Gasteiger partial charge is 0.332 e. The maximum atomic E-state index is 13.9. The highest BCUT2D eigenvalue weighted by atomic mass is 19.1. The number of carbonyl (C=O) groups excluding carboxylic acids is 1. The SMILES string of the molecule is O=C(NC1=CC=c2c1nc1n2NCCC=1)c1cc2cc(F)ccc2n1Cc1cccc(F)c1. The highest BCUT2D eigenvalue weighted by Crippen LogP contribution is 2.24. The Labute approximate surface area is 187 Å². The number of amides is 1. The van der Waals surface area contributed by atoms with Crippen LogP contribution in [0.2, 0.25) is 0 Å². The van der Waals surface area contributed by atoms with Crippen LogP contribution in [0.5, 0.6) is 0 Å². The van der Waals surface area contributed by atoms with Gasteiger partial charge in [-0.25, -0.2) is 18.4 Å². The number of halogens is 2. The third-order valence-corrected chi connectivity index (χ3v) is 5.92. The maximum absolute atomic E-state index is 13.9. The van der Waals surface area contributed by atoms with Gasteiger partial charge in [0.15, 0.2) is 0 Å². The van der Waals surface area contributed by atoms with E-state index in [4.69, 9.17) is 0 Å². The van der Waals surface area contributed by atoms with Gasteiger partial charge in [0, 0.05) is 24.0 Å². The van der Waals surface area contributed by atoms with Crippen molar-refractivity contribution >= 4 is 34.7 Å². The molecule has 4 aromatic rings. The summed E-state index contributed by atoms with van der Waals surface area (Å²) < 4.78 is 31.3. The lowest BCUT2D eigenvalue weighted by Crippen LogP contribution is -2.39. The lowest BCUT2D eigenvalue weighted by Gasteiger charge is -2.12. The van der Waals surface area contributed by atoms with Crippen LogP contribution in [0.3, 0.4) is 0 Å². The van der Waals surface area contributed by atoms with Crippen molar-refractivity contribution in [2.75, 3.05) is 12.0 Å². The summed E-state index contributed by atoms with van der Waals surface area (Å²) in [6.07, 6.45) is 6.66. The van der Waals surface area contributed by atoms with E-state index in [-0.39, 0.29) is 24.1 Å². The molecule has 2 aromatic heterocycles. The van der Waals surface area contributed by atoms with E-state index < -0.39 is 0 Å². The molecule has 6 rings (SSSR count). The van der Waals surface area contributed by atoms with Gasteiger partial charge < -0.3 is 15.3 Å². The van der Waals surface area contributed by atoms with Gasteiger partial charge >= 0.3 is 0 Å². The average Bonchev–Trinajstić information content (AvgIpc) is 3.46. The molecule has 0 saturated heterocycles. The summed E-state index contributed by atoms with van der Waals surface area (Å²) in [4.78, 5) is 18.0. The molecule has 0 saturated carbocycles. The van der Waals surface area contributed by atoms with Crippen LogP contribution in [0, 0.1) is 11.6 Å². The molecule has 0 radical (unpaired) electrons. The van der Waals surface area contributed by atoms with Crippen LogP contribution in [-0.2, 0) is 6.54 Å². The Balaban J connectivity index is 1.37. The Morgan fingerprint density at radius 1 is 1.09 bits per heavy atom. The molecule has 0 bridgehead atoms. The molecule has 2 aliphatic rings. The minimum atomic E-state index is -0.387. The number of allylic oxidation sites excluding steroid dienone is 1. The molecule has 1 aliphatic carbocycles. The fourth-order valence-electron chi connectivity index (χ4n) is 4.43. The summed E-state index contributed by atoms with van der Waals surface area (Å²) in [6, 6.07) is 12.2. The normalized spacial score (nSPS) is 14.1. The molecule has 164 valence electrons. The molecule has 0 unspecified atom stereocenters. The van der Waals surface area contributed by atoms with Gasteiger partial charge in [-0.05, 0) is 66.6 Å². The van der Waals surface area contributed by atoms with Crippen LogP contribution in [0.4, 0.5) is 8.78 Å². The molecule has 0 spiro atoms. The minimum absolute atomic E-state index is 0.268. The highest BCUT2D eigenvalue weighted by molar-refractivity contribution is 6.03. The molecule has 1 amide bonds. The summed E-state index contributed by atoms with van der Waals surface area (Å²) in [5, 5.41) is 4.44. The second kappa shape index (κ2) is 7.44. The van der Waals surface area contributed by atoms with E-state index in [9.17, 15) is 13.6 Å². The third-order valence-electron chi connectivity index (χ3n) is 5.92. The molecule has 2 aromatic carbocycles. The van der Waals surface area contributed by atoms with Gasteiger partial charge in [-0.2, -0.15) is 0 Å². The fraction of sp³-hybridized carbons (Fsp3) is 0.120. The number of carbonyl (C=O) groups is 1. The summed E-state index contributed by atoms with van der Waals surface area (Å²) in [7, 11) is 0. The van der Waals surface area contributed by atoms with Crippen LogP contribution >= 0.6 is 0 Å². The molecule has 2 N–H and O–H groups in total. The zero-order valence-electron chi connectivity index (χ0n) is 17.5. The number of rotatable bonds is 4. The number of nitrogens with one attached hydrogen (secondary N) is 2. The summed E-state index contributed by atoms with van der Waals surface area (Å²) in [6.45, 7) is 1.09. The number of fused-ring (bicyclic) bond motifs is 4. The van der Waals surface area contributed by atoms with E-state index in [1.54, 1.807) is 28.8 Å². The van der Waals surface area contributed by atoms with Crippen LogP contribution < -0.4 is 21.6 Å². The molecule has 8 heteroatoms. The van der Waals surface area contributed by atoms with Crippen molar-refractivity contribution in [3.8, 4) is 0 Å². The smallest absolute Gasteiger partial charge is 0.272 e. The van der Waals surface area contributed by atoms with E-state index in [0.29, 0.717) is 33.6 Å². The Bertz CT molecular complexity index is 1590. The first kappa shape index (κ1) is 19.5. The fourth-order valence-corrected chi connectivity index (χ4v) is 4.43. The van der Waals surface area contributed by atoms with Crippen LogP contribution in [0.15, 0.2) is 54.6 Å². The molecular weight excluding hydrogens is 424 g/mol. The Morgan fingerprint density at radius 2 is 1.97 bits per heavy atom. The predicted octanol–water partition coefficient (Wildman–Crippen LogP) is 2.46. The van der Waals surface area contributed by atoms with Crippen molar-refractivity contribution in [3.05, 3.63) is 94.0 Å². The van der Waals surface area contributed by atoms with E-state index in [2.05, 4.69) is 15.7 Å². The summed E-state index contributed by atoms with van der Waals surface area (Å²) in [5.41, 5.74) is 7.14. The van der Waals surface area contributed by atoms with Gasteiger partial charge in [0.1, 0.15) is 28.5 Å². The van der Waals surface area contributed by atoms with Gasteiger partial charge in [-0.3, -0.25) is 4.79 Å². The first-order valence-corrected chi connectivity index (χ1v) is 10.7. The van der Waals surface area contributed by atoms with Crippen molar-refractivity contribution in [2.24, 2.45) is 0 Å². The summed E-state index contributed by atoms with van der Waals surface area (Å²) >= 11 is 0. The lowest BCUT2D eigenvalue weighted by atomic mass is 10.2. The standard InChI is InChI=1S/C25H19F2N5O/c26-17-4-1-3-15(11-17)14-31-20-8-6-18(27)12-16(20)13-22(31)25(33)29-19-7-9-21-24(19)30-23-5-2-10-28-32(21)23/h1,3-9,11-13,28H,2,10,14H2,(H,29,33). The van der Waals surface area contributed by atoms with Crippen LogP contribution in [-0.4, -0.2) is 26.7 Å². The Hall–Kier alpha value is -4.20. The van der Waals surface area contributed by atoms with Crippen molar-refractivity contribution < 1.29 is 13.6 Å². The van der Waals surface area contributed by atoms with E-state index in [0.717, 1.165) is 23.8 Å². The van der Waals surface area contributed by atoms with Gasteiger partial charge in [-0.15, -0.1) is 0 Å². The topological polar surface area (TPSA) is 63.9 Å². The molecule has 3 heterocycles. The summed E-state index contributed by atoms with van der Waals surface area (Å²) in [5.74, 6) is -1.09. The van der Waals surface area contributed by atoms with Crippen molar-refractivity contribution in [1.82, 2.24) is 19.5 Å². The van der Waals surface area contributed by atoms with E-state index in [1.807, 2.05) is 22.9 Å². The second-order valence-corrected chi connectivity index (χ2v) is 8.09. The lowest BCUT2D eigenvalue weighted by molar-refractivity contribution is 0.0965. The average molecular weight is 443 g/mol. The Kier molecular flexibility index (Phi) is 4.39. The number of aromatic nitrogens is 3. The molecule has 1 aliphatic heterocycles. The van der Waals surface area contributed by atoms with Gasteiger partial charge in [-0.1, -0.05) is 12.1 Å². The first-order chi connectivity index (χ1) is 16.1. The second-order valence-electron chi connectivity index (χ2n) is 8.09. The molecule has 0 atom stereocenters. The molecule has 6 nitrogen and oxygen atoms in total. The van der Waals surface area contributed by atoms with Crippen LogP contribution in [0.1, 0.15) is 28.2 Å². The maximum Gasteiger partial charge on any atom is 0.272 e. The number of benzene rings is 2. The van der Waals surface area contributed by atoms with Crippen LogP contribution in [0.25, 0.3) is 28.8 Å². The Morgan fingerprint density at radius 3 is 2.85 bits per heavy atom. The monoisotopic (exact) mass is 443 g/mol. The first-order valence-electron chi connectivity index (χ1n) is 10.7. The van der Waals surface area contributed by atoms with Gasteiger partial charge in [0.05, 0.1) is 11.0 Å². The van der Waals surface area contributed by atoms with Gasteiger partial charge in [0.2, 0.25) is 0 Å². The quantitative estimate of drug-likeness (QED) is 0.510. The highest BCUT2D eigenvalue weighted by Gasteiger charge is 2.22. The minimum Gasteiger partial charge on any atom is -0.332 e. The van der Waals surface area contributed by atoms with E-state index >= 15 is 0 Å². The zero-order valence-corrected chi connectivity index (χ0v) is 17.5. The van der Waals surface area contributed by atoms with Crippen molar-refractivity contribution in [3.63, 3.8) is 0 Å². The number of imidazole rings is 1. The molecular formula is C25H19F2N5O. The molecule has 33 heavy (non-hydrogen) atoms. The van der Waals surface area contributed by atoms with E-state index in [1.165, 1.54) is 24.3 Å². The third kappa shape index (κ3) is 3.31. The molecule has 0 fully saturated rings. The number of nitrogens with zero attached hydrogens (tertiary/aromatic N) is 3. The van der Waals surface area contributed by atoms with Crippen molar-refractivity contribution in [1.29, 1.82) is 0 Å². The van der Waals surface area contributed by atoms with Crippen molar-refractivity contribution in [2.45, 2.75) is 13.0 Å². The predicted molar refractivity (Wildman–Crippen MR) is 122 cm³/mol. The zero-order chi connectivity index (χ0) is 22.5.